The summed E-state index contributed by atoms with van der Waals surface area (Å²) in [6.45, 7) is 4.02. The minimum atomic E-state index is -0.714. The van der Waals surface area contributed by atoms with Crippen LogP contribution in [0.3, 0.4) is 0 Å². The van der Waals surface area contributed by atoms with Crippen molar-refractivity contribution in [2.24, 2.45) is 0 Å². The number of amides is 1. The van der Waals surface area contributed by atoms with Crippen LogP contribution in [0.4, 0.5) is 4.39 Å². The van der Waals surface area contributed by atoms with Gasteiger partial charge in [-0.05, 0) is 53.4 Å². The van der Waals surface area contributed by atoms with Gasteiger partial charge >= 0.3 is 0 Å². The lowest BCUT2D eigenvalue weighted by Crippen LogP contribution is -2.30. The highest BCUT2D eigenvalue weighted by Crippen LogP contribution is 2.42. The number of hydrogen-bond donors (Lipinski definition) is 1. The predicted octanol–water partition coefficient (Wildman–Crippen LogP) is 5.51. The fraction of sp³-hybridized carbons (Fsp3) is 0.231. The van der Waals surface area contributed by atoms with Crippen molar-refractivity contribution in [1.29, 1.82) is 0 Å². The number of fused-ring (bicyclic) bond motifs is 1. The van der Waals surface area contributed by atoms with E-state index < -0.39 is 23.5 Å². The van der Waals surface area contributed by atoms with Gasteiger partial charge in [0.2, 0.25) is 0 Å². The predicted molar refractivity (Wildman–Crippen MR) is 119 cm³/mol. The molecule has 0 aliphatic carbocycles. The maximum atomic E-state index is 13.8. The topological polar surface area (TPSA) is 57.6 Å². The highest BCUT2D eigenvalue weighted by Gasteiger charge is 2.46. The van der Waals surface area contributed by atoms with Gasteiger partial charge in [0.25, 0.3) is 11.7 Å². The molecular weight excluding hydrogens is 393 g/mol. The summed E-state index contributed by atoms with van der Waals surface area (Å²) in [4.78, 5) is 27.6. The molecule has 5 heteroatoms. The van der Waals surface area contributed by atoms with E-state index in [1.807, 2.05) is 49.4 Å². The van der Waals surface area contributed by atoms with Crippen molar-refractivity contribution in [3.05, 3.63) is 88.7 Å². The van der Waals surface area contributed by atoms with Crippen molar-refractivity contribution in [2.75, 3.05) is 6.54 Å². The van der Waals surface area contributed by atoms with E-state index >= 15 is 0 Å². The summed E-state index contributed by atoms with van der Waals surface area (Å²) in [7, 11) is 0. The molecule has 1 heterocycles. The highest BCUT2D eigenvalue weighted by molar-refractivity contribution is 6.46. The number of carbonyl (C=O) groups excluding carboxylic acids is 2. The second-order valence-corrected chi connectivity index (χ2v) is 7.88. The van der Waals surface area contributed by atoms with Gasteiger partial charge in [-0.15, -0.1) is 0 Å². The Kier molecular flexibility index (Phi) is 5.59. The number of aliphatic hydroxyl groups excluding tert-OH is 1. The second kappa shape index (κ2) is 8.34. The highest BCUT2D eigenvalue weighted by atomic mass is 19.1. The Morgan fingerprint density at radius 3 is 2.55 bits per heavy atom. The van der Waals surface area contributed by atoms with Crippen molar-refractivity contribution in [1.82, 2.24) is 4.90 Å². The van der Waals surface area contributed by atoms with Gasteiger partial charge in [0, 0.05) is 12.1 Å². The number of likely N-dealkylation sites (tertiary alicyclic amines) is 1. The Morgan fingerprint density at radius 2 is 1.81 bits per heavy atom. The molecular formula is C26H24FNO3. The molecule has 0 spiro atoms. The van der Waals surface area contributed by atoms with Crippen LogP contribution in [0.5, 0.6) is 0 Å². The van der Waals surface area contributed by atoms with Crippen LogP contribution in [-0.4, -0.2) is 28.2 Å². The minimum Gasteiger partial charge on any atom is -0.507 e. The van der Waals surface area contributed by atoms with Gasteiger partial charge < -0.3 is 10.0 Å². The largest absolute Gasteiger partial charge is 0.507 e. The van der Waals surface area contributed by atoms with E-state index in [2.05, 4.69) is 0 Å². The molecule has 1 aliphatic rings. The molecule has 1 atom stereocenters. The van der Waals surface area contributed by atoms with Gasteiger partial charge in [-0.25, -0.2) is 4.39 Å². The molecule has 158 valence electrons. The van der Waals surface area contributed by atoms with Crippen molar-refractivity contribution in [3.63, 3.8) is 0 Å². The van der Waals surface area contributed by atoms with Crippen LogP contribution in [0.25, 0.3) is 16.5 Å². The third kappa shape index (κ3) is 3.61. The summed E-state index contributed by atoms with van der Waals surface area (Å²) in [5.74, 6) is -2.01. The Hall–Kier alpha value is -3.47. The number of carbonyl (C=O) groups is 2. The number of unbranched alkanes of at least 4 members (excludes halogenated alkanes) is 1. The molecule has 31 heavy (non-hydrogen) atoms. The molecule has 1 unspecified atom stereocenters. The molecule has 0 saturated carbocycles. The fourth-order valence-electron chi connectivity index (χ4n) is 4.20. The molecule has 1 aliphatic heterocycles. The number of ketones is 1. The standard InChI is InChI=1S/C26H24FNO3/c1-3-4-14-28-23(20-11-7-9-17-8-5-6-10-19(17)20)22(25(30)26(28)31)24(29)18-12-13-21(27)16(2)15-18/h5-13,15,23,29H,3-4,14H2,1-2H3/b24-22-. The maximum Gasteiger partial charge on any atom is 0.295 e. The van der Waals surface area contributed by atoms with Crippen molar-refractivity contribution in [3.8, 4) is 0 Å². The van der Waals surface area contributed by atoms with E-state index in [0.29, 0.717) is 17.7 Å². The lowest BCUT2D eigenvalue weighted by Gasteiger charge is -2.26. The number of nitrogens with zero attached hydrogens (tertiary/aromatic N) is 1. The summed E-state index contributed by atoms with van der Waals surface area (Å²) in [6, 6.07) is 17.0. The molecule has 3 aromatic carbocycles. The molecule has 1 saturated heterocycles. The molecule has 1 N–H and O–H groups in total. The van der Waals surface area contributed by atoms with Crippen LogP contribution in [0.2, 0.25) is 0 Å². The van der Waals surface area contributed by atoms with E-state index in [9.17, 15) is 19.1 Å². The lowest BCUT2D eigenvalue weighted by molar-refractivity contribution is -0.139. The number of aliphatic hydroxyl groups is 1. The van der Waals surface area contributed by atoms with Crippen LogP contribution < -0.4 is 0 Å². The third-order valence-corrected chi connectivity index (χ3v) is 5.84. The van der Waals surface area contributed by atoms with Crippen LogP contribution in [-0.2, 0) is 9.59 Å². The Balaban J connectivity index is 1.96. The van der Waals surface area contributed by atoms with Gasteiger partial charge in [-0.3, -0.25) is 9.59 Å². The average Bonchev–Trinajstić information content (AvgIpc) is 3.03. The molecule has 0 aromatic heterocycles. The van der Waals surface area contributed by atoms with Crippen LogP contribution >= 0.6 is 0 Å². The van der Waals surface area contributed by atoms with Crippen LogP contribution in [0.15, 0.2) is 66.2 Å². The van der Waals surface area contributed by atoms with E-state index in [1.165, 1.54) is 18.2 Å². The van der Waals surface area contributed by atoms with Gasteiger partial charge in [0.15, 0.2) is 0 Å². The summed E-state index contributed by atoms with van der Waals surface area (Å²) in [5.41, 5.74) is 1.50. The van der Waals surface area contributed by atoms with Crippen molar-refractivity contribution >= 4 is 28.2 Å². The SMILES string of the molecule is CCCCN1C(=O)C(=O)/C(=C(\O)c2ccc(F)c(C)c2)C1c1cccc2ccccc12. The van der Waals surface area contributed by atoms with Gasteiger partial charge in [-0.1, -0.05) is 55.8 Å². The molecule has 0 bridgehead atoms. The fourth-order valence-corrected chi connectivity index (χ4v) is 4.20. The summed E-state index contributed by atoms with van der Waals surface area (Å²) < 4.78 is 13.8. The maximum absolute atomic E-state index is 13.8. The smallest absolute Gasteiger partial charge is 0.295 e. The molecule has 0 radical (unpaired) electrons. The minimum absolute atomic E-state index is 0.0449. The third-order valence-electron chi connectivity index (χ3n) is 5.84. The van der Waals surface area contributed by atoms with E-state index in [0.717, 1.165) is 29.2 Å². The number of halogens is 1. The molecule has 1 amide bonds. The van der Waals surface area contributed by atoms with E-state index in [1.54, 1.807) is 11.8 Å². The Morgan fingerprint density at radius 1 is 1.06 bits per heavy atom. The van der Waals surface area contributed by atoms with Crippen molar-refractivity contribution < 1.29 is 19.1 Å². The summed E-state index contributed by atoms with van der Waals surface area (Å²) >= 11 is 0. The van der Waals surface area contributed by atoms with Gasteiger partial charge in [0.1, 0.15) is 11.6 Å². The number of hydrogen-bond acceptors (Lipinski definition) is 3. The summed E-state index contributed by atoms with van der Waals surface area (Å²) in [6.07, 6.45) is 1.60. The van der Waals surface area contributed by atoms with Gasteiger partial charge in [0.05, 0.1) is 11.6 Å². The second-order valence-electron chi connectivity index (χ2n) is 7.88. The van der Waals surface area contributed by atoms with E-state index in [4.69, 9.17) is 0 Å². The van der Waals surface area contributed by atoms with E-state index in [-0.39, 0.29) is 11.3 Å². The summed E-state index contributed by atoms with van der Waals surface area (Å²) in [5, 5.41) is 13.0. The lowest BCUT2D eigenvalue weighted by atomic mass is 9.91. The Bertz CT molecular complexity index is 1210. The molecule has 4 nitrogen and oxygen atoms in total. The Labute approximate surface area is 180 Å². The molecule has 4 rings (SSSR count). The number of Topliss-reactive ketones (excluding diaryl/α,β-unsaturated/α-hetero) is 1. The zero-order chi connectivity index (χ0) is 22.1. The average molecular weight is 417 g/mol. The molecule has 1 fully saturated rings. The monoisotopic (exact) mass is 417 g/mol. The zero-order valence-corrected chi connectivity index (χ0v) is 17.6. The molecule has 3 aromatic rings. The van der Waals surface area contributed by atoms with Gasteiger partial charge in [-0.2, -0.15) is 0 Å². The van der Waals surface area contributed by atoms with Crippen LogP contribution in [0.1, 0.15) is 42.5 Å². The first kappa shape index (κ1) is 20.8. The number of rotatable bonds is 5. The first-order chi connectivity index (χ1) is 14.9. The number of benzene rings is 3. The quantitative estimate of drug-likeness (QED) is 0.338. The van der Waals surface area contributed by atoms with Crippen LogP contribution in [0, 0.1) is 12.7 Å². The normalized spacial score (nSPS) is 18.2. The first-order valence-electron chi connectivity index (χ1n) is 10.5. The van der Waals surface area contributed by atoms with Crippen molar-refractivity contribution in [2.45, 2.75) is 32.7 Å². The first-order valence-corrected chi connectivity index (χ1v) is 10.5. The number of aryl methyl sites for hydroxylation is 1. The zero-order valence-electron chi connectivity index (χ0n) is 17.6.